The van der Waals surface area contributed by atoms with Gasteiger partial charge in [0.1, 0.15) is 0 Å². The van der Waals surface area contributed by atoms with Crippen LogP contribution in [0.5, 0.6) is 0 Å². The lowest BCUT2D eigenvalue weighted by Crippen LogP contribution is -2.51. The fourth-order valence-electron chi connectivity index (χ4n) is 3.92. The molecule has 1 saturated carbocycles. The van der Waals surface area contributed by atoms with E-state index in [9.17, 15) is 0 Å². The van der Waals surface area contributed by atoms with E-state index in [4.69, 9.17) is 0 Å². The lowest BCUT2D eigenvalue weighted by molar-refractivity contribution is 0.0327. The van der Waals surface area contributed by atoms with Crippen molar-refractivity contribution in [3.63, 3.8) is 0 Å². The van der Waals surface area contributed by atoms with Crippen molar-refractivity contribution in [3.05, 3.63) is 0 Å². The molecular formula is C15H31N. The summed E-state index contributed by atoms with van der Waals surface area (Å²) in [4.78, 5) is 2.80. The summed E-state index contributed by atoms with van der Waals surface area (Å²) in [6.07, 6.45) is 4.41. The molecule has 1 aliphatic carbocycles. The summed E-state index contributed by atoms with van der Waals surface area (Å²) >= 11 is 0. The van der Waals surface area contributed by atoms with Gasteiger partial charge in [0.2, 0.25) is 0 Å². The molecule has 0 aromatic carbocycles. The predicted molar refractivity (Wildman–Crippen MR) is 72.7 cm³/mol. The Morgan fingerprint density at radius 3 is 2.00 bits per heavy atom. The van der Waals surface area contributed by atoms with Crippen LogP contribution in [0.15, 0.2) is 0 Å². The zero-order valence-electron chi connectivity index (χ0n) is 12.4. The molecule has 1 aliphatic heterocycles. The van der Waals surface area contributed by atoms with Gasteiger partial charge in [-0.1, -0.05) is 34.6 Å². The van der Waals surface area contributed by atoms with Gasteiger partial charge in [0.25, 0.3) is 0 Å². The summed E-state index contributed by atoms with van der Waals surface area (Å²) < 4.78 is 0. The summed E-state index contributed by atoms with van der Waals surface area (Å²) in [6.45, 7) is 16.0. The first-order valence-electron chi connectivity index (χ1n) is 7.18. The van der Waals surface area contributed by atoms with E-state index in [1.807, 2.05) is 13.8 Å². The monoisotopic (exact) mass is 225 g/mol. The first-order chi connectivity index (χ1) is 7.41. The molecule has 2 fully saturated rings. The van der Waals surface area contributed by atoms with Gasteiger partial charge in [0.15, 0.2) is 0 Å². The first-order valence-corrected chi connectivity index (χ1v) is 7.18. The maximum absolute atomic E-state index is 2.80. The summed E-state index contributed by atoms with van der Waals surface area (Å²) in [7, 11) is 0. The Hall–Kier alpha value is -0.0400. The molecule has 0 spiro atoms. The minimum Gasteiger partial charge on any atom is -0.294 e. The molecule has 96 valence electrons. The number of hydrogen-bond donors (Lipinski definition) is 0. The van der Waals surface area contributed by atoms with Crippen LogP contribution < -0.4 is 0 Å². The number of likely N-dealkylation sites (tertiary alicyclic amines) is 1. The molecule has 3 atom stereocenters. The molecular weight excluding hydrogens is 194 g/mol. The Morgan fingerprint density at radius 2 is 1.62 bits per heavy atom. The third-order valence-electron chi connectivity index (χ3n) is 4.12. The van der Waals surface area contributed by atoms with Gasteiger partial charge >= 0.3 is 0 Å². The van der Waals surface area contributed by atoms with E-state index in [2.05, 4.69) is 39.5 Å². The Morgan fingerprint density at radius 1 is 1.06 bits per heavy atom. The van der Waals surface area contributed by atoms with E-state index in [1.165, 1.54) is 19.3 Å². The lowest BCUT2D eigenvalue weighted by Gasteiger charge is -2.45. The van der Waals surface area contributed by atoms with E-state index in [1.54, 1.807) is 0 Å². The molecule has 16 heavy (non-hydrogen) atoms. The Labute approximate surface area is 103 Å². The molecule has 1 saturated heterocycles. The minimum absolute atomic E-state index is 0.462. The summed E-state index contributed by atoms with van der Waals surface area (Å²) in [5, 5.41) is 0. The fraction of sp³-hybridized carbons (Fsp3) is 1.00. The molecule has 0 amide bonds. The Bertz CT molecular complexity index is 214. The highest BCUT2D eigenvalue weighted by Gasteiger charge is 2.50. The van der Waals surface area contributed by atoms with Crippen LogP contribution in [0.3, 0.4) is 0 Å². The van der Waals surface area contributed by atoms with Crippen molar-refractivity contribution in [1.82, 2.24) is 4.90 Å². The van der Waals surface area contributed by atoms with Gasteiger partial charge < -0.3 is 0 Å². The maximum Gasteiger partial charge on any atom is 0.0178 e. The predicted octanol–water partition coefficient (Wildman–Crippen LogP) is 4.32. The van der Waals surface area contributed by atoms with Crippen LogP contribution in [0.2, 0.25) is 0 Å². The minimum atomic E-state index is 0.462. The third kappa shape index (κ3) is 2.45. The number of fused-ring (bicyclic) bond motifs is 2. The van der Waals surface area contributed by atoms with Gasteiger partial charge in [-0.15, -0.1) is 0 Å². The summed E-state index contributed by atoms with van der Waals surface area (Å²) in [6, 6.07) is 2.47. The highest BCUT2D eigenvalue weighted by Crippen LogP contribution is 2.49. The average molecular weight is 225 g/mol. The van der Waals surface area contributed by atoms with Crippen LogP contribution >= 0.6 is 0 Å². The van der Waals surface area contributed by atoms with Crippen molar-refractivity contribution in [1.29, 1.82) is 0 Å². The van der Waals surface area contributed by atoms with Crippen LogP contribution in [0.25, 0.3) is 0 Å². The van der Waals surface area contributed by atoms with Crippen molar-refractivity contribution < 1.29 is 0 Å². The number of piperidine rings is 1. The van der Waals surface area contributed by atoms with Crippen molar-refractivity contribution >= 4 is 0 Å². The van der Waals surface area contributed by atoms with Crippen molar-refractivity contribution in [2.24, 2.45) is 11.3 Å². The van der Waals surface area contributed by atoms with Crippen molar-refractivity contribution in [2.45, 2.75) is 85.9 Å². The summed E-state index contributed by atoms with van der Waals surface area (Å²) in [5.74, 6) is 0.988. The fourth-order valence-corrected chi connectivity index (χ4v) is 3.92. The van der Waals surface area contributed by atoms with Crippen LogP contribution in [-0.2, 0) is 0 Å². The highest BCUT2D eigenvalue weighted by molar-refractivity contribution is 5.04. The molecule has 2 aliphatic rings. The second kappa shape index (κ2) is 5.08. The first kappa shape index (κ1) is 14.0. The van der Waals surface area contributed by atoms with Crippen molar-refractivity contribution in [3.8, 4) is 0 Å². The molecule has 0 aromatic rings. The summed E-state index contributed by atoms with van der Waals surface area (Å²) in [5.41, 5.74) is 0.462. The molecule has 2 bridgehead atoms. The van der Waals surface area contributed by atoms with E-state index in [0.717, 1.165) is 24.0 Å². The van der Waals surface area contributed by atoms with Gasteiger partial charge in [-0.05, 0) is 44.4 Å². The smallest absolute Gasteiger partial charge is 0.0178 e. The van der Waals surface area contributed by atoms with E-state index < -0.39 is 0 Å². The van der Waals surface area contributed by atoms with Crippen LogP contribution in [0.4, 0.5) is 0 Å². The van der Waals surface area contributed by atoms with Gasteiger partial charge in [0.05, 0.1) is 0 Å². The molecule has 1 heterocycles. The van der Waals surface area contributed by atoms with E-state index in [0.29, 0.717) is 5.41 Å². The number of hydrogen-bond acceptors (Lipinski definition) is 1. The molecule has 0 radical (unpaired) electrons. The Balaban J connectivity index is 0.000000606. The van der Waals surface area contributed by atoms with Crippen LogP contribution in [0.1, 0.15) is 67.7 Å². The maximum atomic E-state index is 2.80. The van der Waals surface area contributed by atoms with E-state index >= 15 is 0 Å². The molecule has 2 rings (SSSR count). The topological polar surface area (TPSA) is 3.24 Å². The van der Waals surface area contributed by atoms with Gasteiger partial charge in [-0.3, -0.25) is 4.90 Å². The second-order valence-electron chi connectivity index (χ2n) is 6.58. The van der Waals surface area contributed by atoms with Gasteiger partial charge in [0, 0.05) is 18.1 Å². The molecule has 0 aromatic heterocycles. The molecule has 1 heteroatoms. The molecule has 3 unspecified atom stereocenters. The van der Waals surface area contributed by atoms with Crippen LogP contribution in [0, 0.1) is 11.3 Å². The van der Waals surface area contributed by atoms with Crippen LogP contribution in [-0.4, -0.2) is 23.0 Å². The quantitative estimate of drug-likeness (QED) is 0.642. The third-order valence-corrected chi connectivity index (χ3v) is 4.12. The zero-order chi connectivity index (χ0) is 12.5. The highest BCUT2D eigenvalue weighted by atomic mass is 15.3. The zero-order valence-corrected chi connectivity index (χ0v) is 12.4. The molecule has 0 N–H and O–H groups in total. The van der Waals surface area contributed by atoms with Crippen molar-refractivity contribution in [2.75, 3.05) is 0 Å². The standard InChI is InChI=1S/C13H25N.C2H6/c1-9(2)14-11-7-6-10(8-11)12(14)13(3,4)5;1-2/h9-12H,6-8H2,1-5H3;1-2H3. The normalized spacial score (nSPS) is 34.1. The number of nitrogens with zero attached hydrogens (tertiary/aromatic N) is 1. The van der Waals surface area contributed by atoms with Gasteiger partial charge in [-0.25, -0.2) is 0 Å². The van der Waals surface area contributed by atoms with E-state index in [-0.39, 0.29) is 0 Å². The average Bonchev–Trinajstić information content (AvgIpc) is 2.77. The van der Waals surface area contributed by atoms with Gasteiger partial charge in [-0.2, -0.15) is 0 Å². The lowest BCUT2D eigenvalue weighted by atomic mass is 9.78. The Kier molecular flexibility index (Phi) is 4.45. The largest absolute Gasteiger partial charge is 0.294 e. The molecule has 1 nitrogen and oxygen atoms in total. The second-order valence-corrected chi connectivity index (χ2v) is 6.58. The number of rotatable bonds is 1. The SMILES string of the molecule is CC.CC(C)N1C2CCC(C2)C1C(C)(C)C.